The largest absolute Gasteiger partial charge is 0.496 e. The predicted molar refractivity (Wildman–Crippen MR) is 96.6 cm³/mol. The van der Waals surface area contributed by atoms with Crippen LogP contribution in [-0.2, 0) is 30.3 Å². The van der Waals surface area contributed by atoms with Crippen molar-refractivity contribution in [2.24, 2.45) is 0 Å². The molecule has 7 heteroatoms. The van der Waals surface area contributed by atoms with E-state index < -0.39 is 22.2 Å². The van der Waals surface area contributed by atoms with Crippen molar-refractivity contribution in [3.05, 3.63) is 59.7 Å². The monoisotopic (exact) mass is 378 g/mol. The number of carbonyl (C=O) groups is 1. The summed E-state index contributed by atoms with van der Waals surface area (Å²) in [4.78, 5) is 12.2. The van der Waals surface area contributed by atoms with Crippen molar-refractivity contribution in [1.82, 2.24) is 0 Å². The van der Waals surface area contributed by atoms with Crippen molar-refractivity contribution in [3.63, 3.8) is 0 Å². The Bertz CT molecular complexity index is 843. The molecule has 0 aromatic heterocycles. The molecule has 0 amide bonds. The fourth-order valence-electron chi connectivity index (χ4n) is 2.38. The quantitative estimate of drug-likeness (QED) is 0.519. The summed E-state index contributed by atoms with van der Waals surface area (Å²) in [6.07, 6.45) is -1.30. The number of rotatable bonds is 8. The maximum absolute atomic E-state index is 12.5. The molecule has 0 aliphatic carbocycles. The molecule has 6 nitrogen and oxygen atoms in total. The first kappa shape index (κ1) is 19.9. The second kappa shape index (κ2) is 8.82. The van der Waals surface area contributed by atoms with E-state index in [1.165, 1.54) is 19.2 Å². The Kier molecular flexibility index (Phi) is 6.76. The summed E-state index contributed by atoms with van der Waals surface area (Å²) in [5.74, 6) is -0.202. The lowest BCUT2D eigenvalue weighted by molar-refractivity contribution is -0.151. The van der Waals surface area contributed by atoms with E-state index in [0.29, 0.717) is 11.3 Å². The maximum Gasteiger partial charge on any atom is 0.337 e. The maximum atomic E-state index is 12.5. The van der Waals surface area contributed by atoms with Crippen LogP contribution in [0, 0.1) is 6.92 Å². The topological polar surface area (TPSA) is 78.9 Å². The number of para-hydroxylation sites is 1. The molecule has 2 aromatic rings. The molecule has 1 unspecified atom stereocenters. The molecule has 2 aromatic carbocycles. The molecule has 0 N–H and O–H groups in total. The van der Waals surface area contributed by atoms with Gasteiger partial charge < -0.3 is 9.47 Å². The molecule has 0 spiro atoms. The number of carbonyl (C=O) groups excluding carboxylic acids is 1. The predicted octanol–water partition coefficient (Wildman–Crippen LogP) is 2.88. The Morgan fingerprint density at radius 1 is 1.08 bits per heavy atom. The number of methoxy groups -OCH3 is 1. The first-order valence-electron chi connectivity index (χ1n) is 8.16. The number of ether oxygens (including phenoxy) is 2. The Balaban J connectivity index is 2.30. The van der Waals surface area contributed by atoms with Crippen LogP contribution >= 0.6 is 0 Å². The fourth-order valence-corrected chi connectivity index (χ4v) is 3.41. The van der Waals surface area contributed by atoms with E-state index >= 15 is 0 Å². The van der Waals surface area contributed by atoms with E-state index in [0.717, 1.165) is 5.56 Å². The van der Waals surface area contributed by atoms with Gasteiger partial charge in [-0.2, -0.15) is 8.42 Å². The molecule has 0 saturated carbocycles. The van der Waals surface area contributed by atoms with Crippen molar-refractivity contribution < 1.29 is 26.9 Å². The van der Waals surface area contributed by atoms with Crippen molar-refractivity contribution in [2.45, 2.75) is 31.3 Å². The van der Waals surface area contributed by atoms with Crippen LogP contribution in [0.4, 0.5) is 0 Å². The number of benzene rings is 2. The van der Waals surface area contributed by atoms with Crippen LogP contribution in [0.1, 0.15) is 18.1 Å². The first-order chi connectivity index (χ1) is 12.4. The lowest BCUT2D eigenvalue weighted by atomic mass is 10.1. The van der Waals surface area contributed by atoms with Crippen molar-refractivity contribution in [3.8, 4) is 5.75 Å². The molecule has 0 heterocycles. The number of aryl methyl sites for hydroxylation is 1. The second-order valence-electron chi connectivity index (χ2n) is 5.62. The van der Waals surface area contributed by atoms with Gasteiger partial charge in [0.1, 0.15) is 5.75 Å². The van der Waals surface area contributed by atoms with E-state index in [1.807, 2.05) is 6.92 Å². The standard InChI is InChI=1S/C19H22O6S/c1-4-24-19(20)18(13-15-7-5-6-8-17(15)23-3)25-26(21,22)16-11-9-14(2)10-12-16/h5-12,18H,4,13H2,1-3H3. The van der Waals surface area contributed by atoms with Gasteiger partial charge >= 0.3 is 5.97 Å². The lowest BCUT2D eigenvalue weighted by Crippen LogP contribution is -2.31. The minimum atomic E-state index is -4.12. The molecule has 26 heavy (non-hydrogen) atoms. The van der Waals surface area contributed by atoms with Gasteiger partial charge in [-0.15, -0.1) is 0 Å². The van der Waals surface area contributed by atoms with Crippen LogP contribution in [-0.4, -0.2) is 34.2 Å². The van der Waals surface area contributed by atoms with Gasteiger partial charge in [-0.3, -0.25) is 4.18 Å². The van der Waals surface area contributed by atoms with E-state index in [-0.39, 0.29) is 17.9 Å². The van der Waals surface area contributed by atoms with Gasteiger partial charge in [0.05, 0.1) is 18.6 Å². The second-order valence-corrected chi connectivity index (χ2v) is 7.19. The van der Waals surface area contributed by atoms with Crippen LogP contribution in [0.25, 0.3) is 0 Å². The van der Waals surface area contributed by atoms with Crippen molar-refractivity contribution in [2.75, 3.05) is 13.7 Å². The summed E-state index contributed by atoms with van der Waals surface area (Å²) >= 11 is 0. The molecule has 0 fully saturated rings. The molecule has 0 aliphatic rings. The van der Waals surface area contributed by atoms with Crippen LogP contribution < -0.4 is 4.74 Å². The molecule has 0 aliphatic heterocycles. The Labute approximate surface area is 153 Å². The molecular formula is C19H22O6S. The smallest absolute Gasteiger partial charge is 0.337 e. The number of esters is 1. The Hall–Kier alpha value is -2.38. The third-order valence-corrected chi connectivity index (χ3v) is 5.03. The van der Waals surface area contributed by atoms with Gasteiger partial charge in [-0.1, -0.05) is 35.9 Å². The van der Waals surface area contributed by atoms with Crippen LogP contribution in [0.2, 0.25) is 0 Å². The van der Waals surface area contributed by atoms with Crippen molar-refractivity contribution in [1.29, 1.82) is 0 Å². The summed E-state index contributed by atoms with van der Waals surface area (Å²) in [5, 5.41) is 0. The molecule has 2 rings (SSSR count). The van der Waals surface area contributed by atoms with E-state index in [4.69, 9.17) is 13.7 Å². The number of hydrogen-bond acceptors (Lipinski definition) is 6. The highest BCUT2D eigenvalue weighted by molar-refractivity contribution is 7.86. The van der Waals surface area contributed by atoms with Crippen molar-refractivity contribution >= 4 is 16.1 Å². The minimum Gasteiger partial charge on any atom is -0.496 e. The highest BCUT2D eigenvalue weighted by Gasteiger charge is 2.29. The van der Waals surface area contributed by atoms with Gasteiger partial charge in [-0.05, 0) is 37.6 Å². The summed E-state index contributed by atoms with van der Waals surface area (Å²) < 4.78 is 40.6. The van der Waals surface area contributed by atoms with Crippen LogP contribution in [0.15, 0.2) is 53.4 Å². The summed E-state index contributed by atoms with van der Waals surface area (Å²) in [6, 6.07) is 13.2. The Morgan fingerprint density at radius 2 is 1.73 bits per heavy atom. The van der Waals surface area contributed by atoms with Gasteiger partial charge in [0.2, 0.25) is 0 Å². The molecule has 0 saturated heterocycles. The first-order valence-corrected chi connectivity index (χ1v) is 9.56. The highest BCUT2D eigenvalue weighted by Crippen LogP contribution is 2.23. The third-order valence-electron chi connectivity index (χ3n) is 3.70. The number of hydrogen-bond donors (Lipinski definition) is 0. The molecule has 1 atom stereocenters. The van der Waals surface area contributed by atoms with Gasteiger partial charge in [-0.25, -0.2) is 4.79 Å². The SMILES string of the molecule is CCOC(=O)C(Cc1ccccc1OC)OS(=O)(=O)c1ccc(C)cc1. The van der Waals surface area contributed by atoms with Crippen LogP contribution in [0.5, 0.6) is 5.75 Å². The third kappa shape index (κ3) is 5.06. The molecule has 0 bridgehead atoms. The average molecular weight is 378 g/mol. The van der Waals surface area contributed by atoms with E-state index in [2.05, 4.69) is 0 Å². The Morgan fingerprint density at radius 3 is 2.35 bits per heavy atom. The minimum absolute atomic E-state index is 0.00788. The van der Waals surface area contributed by atoms with Gasteiger partial charge in [0.15, 0.2) is 6.10 Å². The van der Waals surface area contributed by atoms with Crippen LogP contribution in [0.3, 0.4) is 0 Å². The summed E-state index contributed by atoms with van der Waals surface area (Å²) in [5.41, 5.74) is 1.56. The van der Waals surface area contributed by atoms with E-state index in [1.54, 1.807) is 43.3 Å². The highest BCUT2D eigenvalue weighted by atomic mass is 32.2. The lowest BCUT2D eigenvalue weighted by Gasteiger charge is -2.17. The zero-order valence-electron chi connectivity index (χ0n) is 15.0. The average Bonchev–Trinajstić information content (AvgIpc) is 2.62. The zero-order valence-corrected chi connectivity index (χ0v) is 15.8. The van der Waals surface area contributed by atoms with E-state index in [9.17, 15) is 13.2 Å². The fraction of sp³-hybridized carbons (Fsp3) is 0.316. The molecular weight excluding hydrogens is 356 g/mol. The summed E-state index contributed by atoms with van der Waals surface area (Å²) in [7, 11) is -2.62. The summed E-state index contributed by atoms with van der Waals surface area (Å²) in [6.45, 7) is 3.61. The van der Waals surface area contributed by atoms with Gasteiger partial charge in [0.25, 0.3) is 10.1 Å². The molecule has 0 radical (unpaired) electrons. The normalized spacial score (nSPS) is 12.4. The molecule has 140 valence electrons. The van der Waals surface area contributed by atoms with Gasteiger partial charge in [0, 0.05) is 6.42 Å². The zero-order chi connectivity index (χ0) is 19.2.